The van der Waals surface area contributed by atoms with Crippen molar-refractivity contribution in [3.05, 3.63) is 71.3 Å². The number of aryl methyl sites for hydroxylation is 1. The summed E-state index contributed by atoms with van der Waals surface area (Å²) in [4.78, 5) is 13.4. The second kappa shape index (κ2) is 9.32. The second-order valence-electron chi connectivity index (χ2n) is 7.27. The molecule has 2 N–H and O–H groups in total. The first-order valence-electron chi connectivity index (χ1n) is 9.60. The van der Waals surface area contributed by atoms with E-state index < -0.39 is 10.0 Å². The predicted octanol–water partition coefficient (Wildman–Crippen LogP) is 0.342. The minimum Gasteiger partial charge on any atom is -0.347 e. The number of rotatable bonds is 7. The van der Waals surface area contributed by atoms with E-state index in [1.807, 2.05) is 61.5 Å². The molecule has 0 radical (unpaired) electrons. The van der Waals surface area contributed by atoms with Crippen LogP contribution in [0.15, 0.2) is 54.6 Å². The molecular weight excluding hydrogens is 374 g/mol. The smallest absolute Gasteiger partial charge is 0.275 e. The summed E-state index contributed by atoms with van der Waals surface area (Å²) in [6.07, 6.45) is 0. The molecule has 1 aliphatic rings. The molecule has 1 heterocycles. The lowest BCUT2D eigenvalue weighted by molar-refractivity contribution is -0.895. The summed E-state index contributed by atoms with van der Waals surface area (Å²) in [7, 11) is -3.32. The van der Waals surface area contributed by atoms with Crippen molar-refractivity contribution in [1.82, 2.24) is 9.62 Å². The van der Waals surface area contributed by atoms with Crippen LogP contribution in [0, 0.1) is 6.92 Å². The summed E-state index contributed by atoms with van der Waals surface area (Å²) >= 11 is 0. The van der Waals surface area contributed by atoms with E-state index in [0.29, 0.717) is 39.3 Å². The van der Waals surface area contributed by atoms with Gasteiger partial charge in [-0.05, 0) is 23.6 Å². The molecule has 1 amide bonds. The van der Waals surface area contributed by atoms with Gasteiger partial charge in [0, 0.05) is 6.54 Å². The molecular formula is C21H28N3O3S+. The Kier molecular flexibility index (Phi) is 6.83. The van der Waals surface area contributed by atoms with Gasteiger partial charge in [0.25, 0.3) is 5.91 Å². The molecule has 6 nitrogen and oxygen atoms in total. The molecule has 0 bridgehead atoms. The minimum absolute atomic E-state index is 0.00107. The van der Waals surface area contributed by atoms with Gasteiger partial charge >= 0.3 is 0 Å². The average Bonchev–Trinajstić information content (AvgIpc) is 2.68. The zero-order chi connectivity index (χ0) is 20.0. The van der Waals surface area contributed by atoms with Crippen LogP contribution in [-0.4, -0.2) is 51.4 Å². The van der Waals surface area contributed by atoms with Crippen molar-refractivity contribution in [3.63, 3.8) is 0 Å². The van der Waals surface area contributed by atoms with Crippen LogP contribution >= 0.6 is 0 Å². The summed E-state index contributed by atoms with van der Waals surface area (Å²) in [6.45, 7) is 5.12. The Morgan fingerprint density at radius 3 is 2.36 bits per heavy atom. The normalized spacial score (nSPS) is 16.0. The molecule has 0 aromatic heterocycles. The zero-order valence-electron chi connectivity index (χ0n) is 16.2. The van der Waals surface area contributed by atoms with E-state index in [-0.39, 0.29) is 11.7 Å². The molecule has 0 spiro atoms. The Balaban J connectivity index is 1.44. The Hall–Kier alpha value is -2.22. The fourth-order valence-corrected chi connectivity index (χ4v) is 4.96. The summed E-state index contributed by atoms with van der Waals surface area (Å²) in [5.41, 5.74) is 3.07. The SMILES string of the molecule is Cc1ccccc1CNC(=O)C[NH+]1CCN(S(=O)(=O)Cc2ccccc2)CC1. The number of quaternary nitrogens is 1. The quantitative estimate of drug-likeness (QED) is 0.702. The van der Waals surface area contributed by atoms with Crippen molar-refractivity contribution in [2.24, 2.45) is 0 Å². The highest BCUT2D eigenvalue weighted by Crippen LogP contribution is 2.10. The lowest BCUT2D eigenvalue weighted by Crippen LogP contribution is -3.15. The highest BCUT2D eigenvalue weighted by atomic mass is 32.2. The first kappa shape index (κ1) is 20.5. The van der Waals surface area contributed by atoms with Gasteiger partial charge in [0.15, 0.2) is 6.54 Å². The Morgan fingerprint density at radius 2 is 1.68 bits per heavy atom. The number of nitrogens with one attached hydrogen (secondary N) is 2. The molecule has 0 atom stereocenters. The largest absolute Gasteiger partial charge is 0.347 e. The van der Waals surface area contributed by atoms with E-state index in [9.17, 15) is 13.2 Å². The third kappa shape index (κ3) is 5.64. The molecule has 7 heteroatoms. The maximum absolute atomic E-state index is 12.6. The summed E-state index contributed by atoms with van der Waals surface area (Å²) < 4.78 is 26.8. The highest BCUT2D eigenvalue weighted by molar-refractivity contribution is 7.88. The van der Waals surface area contributed by atoms with Crippen LogP contribution in [0.25, 0.3) is 0 Å². The summed E-state index contributed by atoms with van der Waals surface area (Å²) in [6, 6.07) is 17.2. The van der Waals surface area contributed by atoms with Gasteiger partial charge in [-0.25, -0.2) is 8.42 Å². The van der Waals surface area contributed by atoms with Crippen molar-refractivity contribution < 1.29 is 18.1 Å². The summed E-state index contributed by atoms with van der Waals surface area (Å²) in [5, 5.41) is 2.97. The number of carbonyl (C=O) groups is 1. The molecule has 1 fully saturated rings. The topological polar surface area (TPSA) is 70.9 Å². The van der Waals surface area contributed by atoms with E-state index in [1.54, 1.807) is 4.31 Å². The molecule has 150 valence electrons. The number of hydrogen-bond acceptors (Lipinski definition) is 3. The molecule has 1 aliphatic heterocycles. The number of piperazine rings is 1. The molecule has 0 saturated carbocycles. The first-order valence-corrected chi connectivity index (χ1v) is 11.2. The standard InChI is InChI=1S/C21H27N3O3S/c1-18-7-5-6-10-20(18)15-22-21(25)16-23-11-13-24(14-12-23)28(26,27)17-19-8-3-2-4-9-19/h2-10H,11-17H2,1H3,(H,22,25)/p+1. The first-order chi connectivity index (χ1) is 13.4. The second-order valence-corrected chi connectivity index (χ2v) is 9.24. The van der Waals surface area contributed by atoms with Gasteiger partial charge in [0.2, 0.25) is 10.0 Å². The van der Waals surface area contributed by atoms with Crippen molar-refractivity contribution in [1.29, 1.82) is 0 Å². The van der Waals surface area contributed by atoms with Crippen LogP contribution in [0.2, 0.25) is 0 Å². The van der Waals surface area contributed by atoms with Crippen LogP contribution in [-0.2, 0) is 27.1 Å². The Morgan fingerprint density at radius 1 is 1.04 bits per heavy atom. The van der Waals surface area contributed by atoms with Gasteiger partial charge in [0.1, 0.15) is 0 Å². The van der Waals surface area contributed by atoms with Crippen molar-refractivity contribution in [2.45, 2.75) is 19.2 Å². The molecule has 2 aromatic rings. The monoisotopic (exact) mass is 402 g/mol. The van der Waals surface area contributed by atoms with E-state index >= 15 is 0 Å². The maximum atomic E-state index is 12.6. The lowest BCUT2D eigenvalue weighted by Gasteiger charge is -2.31. The maximum Gasteiger partial charge on any atom is 0.275 e. The van der Waals surface area contributed by atoms with Gasteiger partial charge < -0.3 is 10.2 Å². The zero-order valence-corrected chi connectivity index (χ0v) is 17.0. The van der Waals surface area contributed by atoms with Crippen LogP contribution in [0.1, 0.15) is 16.7 Å². The van der Waals surface area contributed by atoms with Crippen LogP contribution in [0.5, 0.6) is 0 Å². The molecule has 3 rings (SSSR count). The Labute approximate surface area is 167 Å². The summed E-state index contributed by atoms with van der Waals surface area (Å²) in [5.74, 6) is 0.0268. The minimum atomic E-state index is -3.32. The highest BCUT2D eigenvalue weighted by Gasteiger charge is 2.29. The molecule has 0 aliphatic carbocycles. The molecule has 0 unspecified atom stereocenters. The average molecular weight is 403 g/mol. The third-order valence-electron chi connectivity index (χ3n) is 5.16. The van der Waals surface area contributed by atoms with E-state index in [1.165, 1.54) is 0 Å². The number of amides is 1. The van der Waals surface area contributed by atoms with Gasteiger partial charge in [-0.2, -0.15) is 4.31 Å². The van der Waals surface area contributed by atoms with Gasteiger partial charge in [-0.1, -0.05) is 54.6 Å². The predicted molar refractivity (Wildman–Crippen MR) is 109 cm³/mol. The van der Waals surface area contributed by atoms with Crippen molar-refractivity contribution >= 4 is 15.9 Å². The molecule has 1 saturated heterocycles. The van der Waals surface area contributed by atoms with Gasteiger partial charge in [-0.15, -0.1) is 0 Å². The number of benzene rings is 2. The van der Waals surface area contributed by atoms with E-state index in [0.717, 1.165) is 21.6 Å². The van der Waals surface area contributed by atoms with Gasteiger partial charge in [0.05, 0.1) is 31.9 Å². The Bertz CT molecular complexity index is 892. The lowest BCUT2D eigenvalue weighted by atomic mass is 10.1. The van der Waals surface area contributed by atoms with E-state index in [4.69, 9.17) is 0 Å². The van der Waals surface area contributed by atoms with E-state index in [2.05, 4.69) is 5.32 Å². The third-order valence-corrected chi connectivity index (χ3v) is 7.01. The number of carbonyl (C=O) groups excluding carboxylic acids is 1. The fraction of sp³-hybridized carbons (Fsp3) is 0.381. The van der Waals surface area contributed by atoms with Crippen molar-refractivity contribution in [2.75, 3.05) is 32.7 Å². The fourth-order valence-electron chi connectivity index (χ4n) is 3.43. The number of hydrogen-bond donors (Lipinski definition) is 2. The number of sulfonamides is 1. The van der Waals surface area contributed by atoms with Crippen molar-refractivity contribution in [3.8, 4) is 0 Å². The molecule has 2 aromatic carbocycles. The number of nitrogens with zero attached hydrogens (tertiary/aromatic N) is 1. The van der Waals surface area contributed by atoms with Crippen LogP contribution in [0.4, 0.5) is 0 Å². The van der Waals surface area contributed by atoms with Crippen LogP contribution in [0.3, 0.4) is 0 Å². The van der Waals surface area contributed by atoms with Gasteiger partial charge in [-0.3, -0.25) is 4.79 Å². The molecule has 28 heavy (non-hydrogen) atoms. The van der Waals surface area contributed by atoms with Crippen LogP contribution < -0.4 is 10.2 Å².